The maximum Gasteiger partial charge on any atom is 0.203 e. The summed E-state index contributed by atoms with van der Waals surface area (Å²) in [6.45, 7) is 4.01. The van der Waals surface area contributed by atoms with Gasteiger partial charge in [-0.15, -0.1) is 0 Å². The number of hydrogen-bond acceptors (Lipinski definition) is 5. The van der Waals surface area contributed by atoms with Crippen LogP contribution in [0.15, 0.2) is 47.7 Å². The number of aromatic nitrogens is 2. The second-order valence-corrected chi connectivity index (χ2v) is 6.60. The normalized spacial score (nSPS) is 11.4. The molecule has 1 aromatic carbocycles. The first kappa shape index (κ1) is 21.3. The van der Waals surface area contributed by atoms with Crippen LogP contribution in [0.3, 0.4) is 0 Å². The molecule has 0 fully saturated rings. The molecule has 3 aromatic rings. The molecule has 0 saturated carbocycles. The Hall–Kier alpha value is -3.42. The van der Waals surface area contributed by atoms with Crippen molar-refractivity contribution in [1.29, 1.82) is 0 Å². The number of hydrogen-bond donors (Lipinski definition) is 2. The standard InChI is InChI=1S/C22H29N5O3/c1-5-23-22(24-10-9-17-15-27-11-7-6-8-20(27)26-17)25-14-16-12-18(28-2)21(30-4)19(13-16)29-3/h6-8,11-13,15H,5,9-10,14H2,1-4H3,(H2,23,24,25). The van der Waals surface area contributed by atoms with E-state index in [0.29, 0.717) is 23.8 Å². The van der Waals surface area contributed by atoms with Gasteiger partial charge in [0.25, 0.3) is 0 Å². The molecule has 0 spiro atoms. The summed E-state index contributed by atoms with van der Waals surface area (Å²) in [5, 5.41) is 6.64. The topological polar surface area (TPSA) is 81.4 Å². The highest BCUT2D eigenvalue weighted by molar-refractivity contribution is 5.79. The van der Waals surface area contributed by atoms with Gasteiger partial charge in [-0.25, -0.2) is 9.98 Å². The molecule has 0 amide bonds. The highest BCUT2D eigenvalue weighted by Gasteiger charge is 2.13. The smallest absolute Gasteiger partial charge is 0.203 e. The van der Waals surface area contributed by atoms with Crippen molar-refractivity contribution in [1.82, 2.24) is 20.0 Å². The number of ether oxygens (including phenoxy) is 3. The molecule has 2 N–H and O–H groups in total. The van der Waals surface area contributed by atoms with E-state index in [1.165, 1.54) is 0 Å². The Balaban J connectivity index is 1.65. The fourth-order valence-electron chi connectivity index (χ4n) is 3.16. The van der Waals surface area contributed by atoms with E-state index in [9.17, 15) is 0 Å². The molecule has 0 bridgehead atoms. The third kappa shape index (κ3) is 5.14. The summed E-state index contributed by atoms with van der Waals surface area (Å²) in [7, 11) is 4.80. The van der Waals surface area contributed by atoms with Gasteiger partial charge in [0.15, 0.2) is 17.5 Å². The molecule has 160 valence electrons. The molecular weight excluding hydrogens is 382 g/mol. The minimum Gasteiger partial charge on any atom is -0.493 e. The fourth-order valence-corrected chi connectivity index (χ4v) is 3.16. The lowest BCUT2D eigenvalue weighted by molar-refractivity contribution is 0.324. The molecular formula is C22H29N5O3. The monoisotopic (exact) mass is 411 g/mol. The van der Waals surface area contributed by atoms with Gasteiger partial charge in [-0.2, -0.15) is 0 Å². The quantitative estimate of drug-likeness (QED) is 0.416. The van der Waals surface area contributed by atoms with Crippen LogP contribution in [-0.4, -0.2) is 49.8 Å². The van der Waals surface area contributed by atoms with E-state index < -0.39 is 0 Å². The molecule has 2 aromatic heterocycles. The third-order valence-electron chi connectivity index (χ3n) is 4.58. The largest absolute Gasteiger partial charge is 0.493 e. The van der Waals surface area contributed by atoms with Crippen LogP contribution < -0.4 is 24.8 Å². The van der Waals surface area contributed by atoms with Gasteiger partial charge in [-0.05, 0) is 36.8 Å². The third-order valence-corrected chi connectivity index (χ3v) is 4.58. The Bertz CT molecular complexity index is 941. The van der Waals surface area contributed by atoms with Crippen LogP contribution in [0.4, 0.5) is 0 Å². The Kier molecular flexibility index (Phi) is 7.37. The van der Waals surface area contributed by atoms with Crippen molar-refractivity contribution >= 4 is 11.6 Å². The number of fused-ring (bicyclic) bond motifs is 1. The summed E-state index contributed by atoms with van der Waals surface area (Å²) < 4.78 is 18.2. The highest BCUT2D eigenvalue weighted by Crippen LogP contribution is 2.38. The highest BCUT2D eigenvalue weighted by atomic mass is 16.5. The molecule has 0 aliphatic carbocycles. The summed E-state index contributed by atoms with van der Waals surface area (Å²) >= 11 is 0. The number of benzene rings is 1. The molecule has 30 heavy (non-hydrogen) atoms. The van der Waals surface area contributed by atoms with E-state index in [0.717, 1.165) is 42.4 Å². The van der Waals surface area contributed by atoms with E-state index >= 15 is 0 Å². The zero-order valence-corrected chi connectivity index (χ0v) is 17.9. The lowest BCUT2D eigenvalue weighted by Crippen LogP contribution is -2.38. The SMILES string of the molecule is CCNC(=NCc1cc(OC)c(OC)c(OC)c1)NCCc1cn2ccccc2n1. The van der Waals surface area contributed by atoms with Crippen LogP contribution in [0.5, 0.6) is 17.2 Å². The summed E-state index contributed by atoms with van der Waals surface area (Å²) in [6, 6.07) is 9.80. The lowest BCUT2D eigenvalue weighted by atomic mass is 10.2. The minimum absolute atomic E-state index is 0.473. The summed E-state index contributed by atoms with van der Waals surface area (Å²) in [4.78, 5) is 9.31. The minimum atomic E-state index is 0.473. The summed E-state index contributed by atoms with van der Waals surface area (Å²) in [6.07, 6.45) is 4.86. The average Bonchev–Trinajstić information content (AvgIpc) is 3.19. The number of nitrogens with zero attached hydrogens (tertiary/aromatic N) is 3. The van der Waals surface area contributed by atoms with Crippen LogP contribution in [0.2, 0.25) is 0 Å². The second-order valence-electron chi connectivity index (χ2n) is 6.60. The van der Waals surface area contributed by atoms with Gasteiger partial charge in [-0.1, -0.05) is 6.07 Å². The van der Waals surface area contributed by atoms with Gasteiger partial charge in [-0.3, -0.25) is 0 Å². The zero-order chi connectivity index (χ0) is 21.3. The lowest BCUT2D eigenvalue weighted by Gasteiger charge is -2.14. The van der Waals surface area contributed by atoms with E-state index in [4.69, 9.17) is 14.2 Å². The number of aliphatic imine (C=N–C) groups is 1. The predicted octanol–water partition coefficient (Wildman–Crippen LogP) is 2.66. The number of nitrogens with one attached hydrogen (secondary N) is 2. The van der Waals surface area contributed by atoms with Gasteiger partial charge in [0.2, 0.25) is 5.75 Å². The fraction of sp³-hybridized carbons (Fsp3) is 0.364. The van der Waals surface area contributed by atoms with Crippen LogP contribution >= 0.6 is 0 Å². The number of imidazole rings is 1. The molecule has 0 unspecified atom stereocenters. The van der Waals surface area contributed by atoms with Crippen molar-refractivity contribution in [2.24, 2.45) is 4.99 Å². The van der Waals surface area contributed by atoms with Gasteiger partial charge < -0.3 is 29.2 Å². The maximum atomic E-state index is 5.42. The zero-order valence-electron chi connectivity index (χ0n) is 17.9. The molecule has 0 saturated heterocycles. The van der Waals surface area contributed by atoms with Crippen molar-refractivity contribution in [2.75, 3.05) is 34.4 Å². The number of rotatable bonds is 9. The van der Waals surface area contributed by atoms with Gasteiger partial charge >= 0.3 is 0 Å². The predicted molar refractivity (Wildman–Crippen MR) is 118 cm³/mol. The van der Waals surface area contributed by atoms with Gasteiger partial charge in [0.1, 0.15) is 5.65 Å². The summed E-state index contributed by atoms with van der Waals surface area (Å²) in [5.74, 6) is 2.55. The van der Waals surface area contributed by atoms with Crippen molar-refractivity contribution in [3.8, 4) is 17.2 Å². The van der Waals surface area contributed by atoms with Gasteiger partial charge in [0, 0.05) is 31.9 Å². The molecule has 3 rings (SSSR count). The Labute approximate surface area is 176 Å². The van der Waals surface area contributed by atoms with Crippen molar-refractivity contribution < 1.29 is 14.2 Å². The molecule has 8 heteroatoms. The summed E-state index contributed by atoms with van der Waals surface area (Å²) in [5.41, 5.74) is 2.95. The second kappa shape index (κ2) is 10.4. The maximum absolute atomic E-state index is 5.42. The van der Waals surface area contributed by atoms with E-state index in [1.54, 1.807) is 21.3 Å². The number of pyridine rings is 1. The molecule has 0 atom stereocenters. The molecule has 2 heterocycles. The van der Waals surface area contributed by atoms with Crippen molar-refractivity contribution in [2.45, 2.75) is 19.9 Å². The first-order valence-corrected chi connectivity index (χ1v) is 9.92. The van der Waals surface area contributed by atoms with Crippen molar-refractivity contribution in [3.05, 3.63) is 54.0 Å². The molecule has 0 aliphatic rings. The van der Waals surface area contributed by atoms with Crippen LogP contribution in [0.1, 0.15) is 18.2 Å². The van der Waals surface area contributed by atoms with Crippen LogP contribution in [0, 0.1) is 0 Å². The molecule has 8 nitrogen and oxygen atoms in total. The van der Waals surface area contributed by atoms with Crippen LogP contribution in [-0.2, 0) is 13.0 Å². The van der Waals surface area contributed by atoms with Gasteiger partial charge in [0.05, 0.1) is 33.6 Å². The number of guanidine groups is 1. The Morgan fingerprint density at radius 1 is 1.07 bits per heavy atom. The molecule has 0 aliphatic heterocycles. The van der Waals surface area contributed by atoms with E-state index in [1.807, 2.05) is 47.9 Å². The Morgan fingerprint density at radius 2 is 1.83 bits per heavy atom. The van der Waals surface area contributed by atoms with Crippen LogP contribution in [0.25, 0.3) is 5.65 Å². The average molecular weight is 412 g/mol. The van der Waals surface area contributed by atoms with Crippen molar-refractivity contribution in [3.63, 3.8) is 0 Å². The first-order valence-electron chi connectivity index (χ1n) is 9.92. The molecule has 0 radical (unpaired) electrons. The van der Waals surface area contributed by atoms with E-state index in [-0.39, 0.29) is 0 Å². The Morgan fingerprint density at radius 3 is 2.47 bits per heavy atom. The first-order chi connectivity index (χ1) is 14.7. The number of methoxy groups -OCH3 is 3. The van der Waals surface area contributed by atoms with E-state index in [2.05, 4.69) is 26.8 Å².